The van der Waals surface area contributed by atoms with Gasteiger partial charge in [-0.05, 0) is 48.3 Å². The summed E-state index contributed by atoms with van der Waals surface area (Å²) in [5, 5.41) is -0.467. The number of hydrogen-bond donors (Lipinski definition) is 1. The summed E-state index contributed by atoms with van der Waals surface area (Å²) in [7, 11) is -3.35. The van der Waals surface area contributed by atoms with Crippen molar-refractivity contribution in [3.8, 4) is 0 Å². The van der Waals surface area contributed by atoms with Gasteiger partial charge in [0.2, 0.25) is 0 Å². The van der Waals surface area contributed by atoms with E-state index in [0.29, 0.717) is 17.2 Å². The Morgan fingerprint density at radius 1 is 1.19 bits per heavy atom. The highest BCUT2D eigenvalue weighted by Crippen LogP contribution is 2.39. The van der Waals surface area contributed by atoms with E-state index in [0.717, 1.165) is 18.4 Å². The molecule has 0 spiro atoms. The van der Waals surface area contributed by atoms with Crippen LogP contribution in [0.25, 0.3) is 0 Å². The molecule has 2 N–H and O–H groups in total. The zero-order chi connectivity index (χ0) is 15.8. The molecule has 2 unspecified atom stereocenters. The summed E-state index contributed by atoms with van der Waals surface area (Å²) in [6, 6.07) is 7.04. The molecule has 1 aliphatic rings. The predicted molar refractivity (Wildman–Crippen MR) is 87.1 cm³/mol. The summed E-state index contributed by atoms with van der Waals surface area (Å²) in [5.74, 6) is 0.401. The molecule has 4 heteroatoms. The average Bonchev–Trinajstić information content (AvgIpc) is 2.41. The van der Waals surface area contributed by atoms with Crippen LogP contribution in [0.2, 0.25) is 0 Å². The van der Waals surface area contributed by atoms with Crippen LogP contribution in [-0.4, -0.2) is 19.7 Å². The maximum Gasteiger partial charge on any atom is 0.182 e. The first-order valence-corrected chi connectivity index (χ1v) is 9.27. The van der Waals surface area contributed by atoms with Gasteiger partial charge in [0.05, 0.1) is 10.1 Å². The molecule has 3 nitrogen and oxygen atoms in total. The highest BCUT2D eigenvalue weighted by atomic mass is 32.2. The summed E-state index contributed by atoms with van der Waals surface area (Å²) in [6.07, 6.45) is 2.41. The lowest BCUT2D eigenvalue weighted by molar-refractivity contribution is 0.227. The summed E-state index contributed by atoms with van der Waals surface area (Å²) < 4.78 is 25.8. The second kappa shape index (κ2) is 5.73. The lowest BCUT2D eigenvalue weighted by Gasteiger charge is -2.38. The highest BCUT2D eigenvalue weighted by Gasteiger charge is 2.41. The van der Waals surface area contributed by atoms with Crippen LogP contribution < -0.4 is 5.73 Å². The molecular formula is C17H27NO2S. The third-order valence-corrected chi connectivity index (χ3v) is 6.90. The molecule has 0 aliphatic heterocycles. The number of sulfone groups is 1. The van der Waals surface area contributed by atoms with Crippen molar-refractivity contribution in [3.05, 3.63) is 29.8 Å². The van der Waals surface area contributed by atoms with Crippen molar-refractivity contribution < 1.29 is 8.42 Å². The second-order valence-electron chi connectivity index (χ2n) is 7.38. The zero-order valence-corrected chi connectivity index (χ0v) is 14.3. The lowest BCUT2D eigenvalue weighted by Crippen LogP contribution is -2.47. The fraction of sp³-hybridized carbons (Fsp3) is 0.647. The van der Waals surface area contributed by atoms with Crippen LogP contribution in [0.15, 0.2) is 29.2 Å². The van der Waals surface area contributed by atoms with Crippen LogP contribution in [0.1, 0.15) is 58.4 Å². The molecule has 0 amide bonds. The van der Waals surface area contributed by atoms with E-state index in [1.165, 1.54) is 0 Å². The molecule has 2 rings (SSSR count). The Labute approximate surface area is 128 Å². The second-order valence-corrected chi connectivity index (χ2v) is 9.54. The van der Waals surface area contributed by atoms with Gasteiger partial charge in [-0.25, -0.2) is 8.42 Å². The van der Waals surface area contributed by atoms with E-state index in [1.54, 1.807) is 12.1 Å². The van der Waals surface area contributed by atoms with Crippen molar-refractivity contribution in [1.82, 2.24) is 0 Å². The first-order chi connectivity index (χ1) is 9.63. The van der Waals surface area contributed by atoms with Crippen LogP contribution in [0.5, 0.6) is 0 Å². The normalized spacial score (nSPS) is 26.0. The molecule has 2 atom stereocenters. The molecule has 1 aromatic carbocycles. The SMILES string of the molecule is CC(C)c1ccc(S(=O)(=O)C2CC(C)(C)CCC2N)cc1. The number of hydrogen-bond acceptors (Lipinski definition) is 3. The number of benzene rings is 1. The van der Waals surface area contributed by atoms with E-state index in [1.807, 2.05) is 12.1 Å². The summed E-state index contributed by atoms with van der Waals surface area (Å²) >= 11 is 0. The maximum atomic E-state index is 12.9. The zero-order valence-electron chi connectivity index (χ0n) is 13.5. The standard InChI is InChI=1S/C17H27NO2S/c1-12(2)13-5-7-14(8-6-13)21(19,20)16-11-17(3,4)10-9-15(16)18/h5-8,12,15-16H,9-11,18H2,1-4H3. The van der Waals surface area contributed by atoms with Crippen LogP contribution in [0.4, 0.5) is 0 Å². The fourth-order valence-corrected chi connectivity index (χ4v) is 5.23. The van der Waals surface area contributed by atoms with Gasteiger partial charge in [-0.1, -0.05) is 39.8 Å². The Morgan fingerprint density at radius 2 is 1.76 bits per heavy atom. The largest absolute Gasteiger partial charge is 0.327 e. The van der Waals surface area contributed by atoms with Crippen LogP contribution in [0.3, 0.4) is 0 Å². The van der Waals surface area contributed by atoms with Gasteiger partial charge in [-0.15, -0.1) is 0 Å². The van der Waals surface area contributed by atoms with E-state index < -0.39 is 15.1 Å². The summed E-state index contributed by atoms with van der Waals surface area (Å²) in [5.41, 5.74) is 7.32. The van der Waals surface area contributed by atoms with Gasteiger partial charge in [-0.2, -0.15) is 0 Å². The van der Waals surface area contributed by atoms with E-state index in [9.17, 15) is 8.42 Å². The maximum absolute atomic E-state index is 12.9. The Hall–Kier alpha value is -0.870. The van der Waals surface area contributed by atoms with Crippen LogP contribution in [0, 0.1) is 5.41 Å². The molecule has 0 bridgehead atoms. The highest BCUT2D eigenvalue weighted by molar-refractivity contribution is 7.92. The quantitative estimate of drug-likeness (QED) is 0.929. The van der Waals surface area contributed by atoms with Gasteiger partial charge in [0, 0.05) is 6.04 Å². The van der Waals surface area contributed by atoms with Crippen molar-refractivity contribution in [3.63, 3.8) is 0 Å². The minimum atomic E-state index is -3.35. The smallest absolute Gasteiger partial charge is 0.182 e. The lowest BCUT2D eigenvalue weighted by atomic mass is 9.75. The first-order valence-electron chi connectivity index (χ1n) is 7.73. The number of nitrogens with two attached hydrogens (primary N) is 1. The van der Waals surface area contributed by atoms with E-state index >= 15 is 0 Å². The molecule has 0 radical (unpaired) electrons. The molecule has 0 saturated heterocycles. The van der Waals surface area contributed by atoms with Gasteiger partial charge in [0.1, 0.15) is 0 Å². The van der Waals surface area contributed by atoms with Gasteiger partial charge >= 0.3 is 0 Å². The number of rotatable bonds is 3. The molecule has 21 heavy (non-hydrogen) atoms. The molecule has 1 saturated carbocycles. The molecule has 1 aromatic rings. The van der Waals surface area contributed by atoms with E-state index in [-0.39, 0.29) is 11.5 Å². The van der Waals surface area contributed by atoms with Gasteiger partial charge in [-0.3, -0.25) is 0 Å². The molecule has 1 fully saturated rings. The Kier molecular flexibility index (Phi) is 4.50. The fourth-order valence-electron chi connectivity index (χ4n) is 3.10. The average molecular weight is 309 g/mol. The van der Waals surface area contributed by atoms with E-state index in [2.05, 4.69) is 27.7 Å². The van der Waals surface area contributed by atoms with Gasteiger partial charge in [0.25, 0.3) is 0 Å². The third-order valence-electron chi connectivity index (χ3n) is 4.66. The van der Waals surface area contributed by atoms with Crippen molar-refractivity contribution in [2.45, 2.75) is 69.1 Å². The Balaban J connectivity index is 2.32. The molecule has 1 aliphatic carbocycles. The third kappa shape index (κ3) is 3.49. The van der Waals surface area contributed by atoms with Crippen LogP contribution >= 0.6 is 0 Å². The minimum Gasteiger partial charge on any atom is -0.327 e. The van der Waals surface area contributed by atoms with Crippen molar-refractivity contribution in [1.29, 1.82) is 0 Å². The first kappa shape index (κ1) is 16.5. The summed E-state index contributed by atoms with van der Waals surface area (Å²) in [4.78, 5) is 0.407. The van der Waals surface area contributed by atoms with E-state index in [4.69, 9.17) is 5.73 Å². The minimum absolute atomic E-state index is 0.0471. The summed E-state index contributed by atoms with van der Waals surface area (Å²) in [6.45, 7) is 8.46. The van der Waals surface area contributed by atoms with Gasteiger partial charge < -0.3 is 5.73 Å². The van der Waals surface area contributed by atoms with Crippen molar-refractivity contribution in [2.75, 3.05) is 0 Å². The van der Waals surface area contributed by atoms with Crippen LogP contribution in [-0.2, 0) is 9.84 Å². The molecule has 0 heterocycles. The Bertz CT molecular complexity index is 588. The van der Waals surface area contributed by atoms with Crippen molar-refractivity contribution in [2.24, 2.45) is 11.1 Å². The molecule has 118 valence electrons. The topological polar surface area (TPSA) is 60.2 Å². The predicted octanol–water partition coefficient (Wildman–Crippen LogP) is 3.49. The molecular weight excluding hydrogens is 282 g/mol. The molecule has 0 aromatic heterocycles. The van der Waals surface area contributed by atoms with Gasteiger partial charge in [0.15, 0.2) is 9.84 Å². The van der Waals surface area contributed by atoms with Crippen molar-refractivity contribution >= 4 is 9.84 Å². The monoisotopic (exact) mass is 309 g/mol. The Morgan fingerprint density at radius 3 is 2.29 bits per heavy atom.